The Hall–Kier alpha value is -1.91. The van der Waals surface area contributed by atoms with Gasteiger partial charge in [-0.15, -0.1) is 0 Å². The van der Waals surface area contributed by atoms with E-state index in [0.29, 0.717) is 13.0 Å². The van der Waals surface area contributed by atoms with Crippen LogP contribution in [0.15, 0.2) is 24.3 Å². The van der Waals surface area contributed by atoms with Crippen LogP contribution in [0.1, 0.15) is 50.5 Å². The number of nitrogens with zero attached hydrogens (tertiary/aromatic N) is 1. The molecule has 1 aromatic rings. The monoisotopic (exact) mass is 321 g/mol. The van der Waals surface area contributed by atoms with Gasteiger partial charge in [0.05, 0.1) is 5.41 Å². The molecule has 5 heteroatoms. The molecule has 0 unspecified atom stereocenters. The molecule has 0 radical (unpaired) electrons. The van der Waals surface area contributed by atoms with Crippen molar-refractivity contribution in [1.82, 2.24) is 4.90 Å². The van der Waals surface area contributed by atoms with Crippen LogP contribution in [0, 0.1) is 5.82 Å². The first-order valence-electron chi connectivity index (χ1n) is 8.19. The van der Waals surface area contributed by atoms with E-state index in [1.165, 1.54) is 12.1 Å². The SMILES string of the molecule is CN(CCCC(=O)O)C(=O)C1(c2cccc(F)c2)CCCCC1. The summed E-state index contributed by atoms with van der Waals surface area (Å²) in [5, 5.41) is 8.73. The Bertz CT molecular complexity index is 567. The van der Waals surface area contributed by atoms with Gasteiger partial charge in [0.25, 0.3) is 0 Å². The van der Waals surface area contributed by atoms with Crippen molar-refractivity contribution in [2.75, 3.05) is 13.6 Å². The van der Waals surface area contributed by atoms with E-state index in [4.69, 9.17) is 5.11 Å². The molecular weight excluding hydrogens is 297 g/mol. The number of likely N-dealkylation sites (N-methyl/N-ethyl adjacent to an activating group) is 1. The summed E-state index contributed by atoms with van der Waals surface area (Å²) in [4.78, 5) is 25.3. The molecule has 1 aromatic carbocycles. The summed E-state index contributed by atoms with van der Waals surface area (Å²) >= 11 is 0. The Morgan fingerprint density at radius 3 is 2.57 bits per heavy atom. The van der Waals surface area contributed by atoms with Crippen molar-refractivity contribution < 1.29 is 19.1 Å². The number of aliphatic carboxylic acids is 1. The van der Waals surface area contributed by atoms with Crippen molar-refractivity contribution in [1.29, 1.82) is 0 Å². The molecule has 1 aliphatic carbocycles. The number of carboxylic acids is 1. The van der Waals surface area contributed by atoms with Gasteiger partial charge in [-0.05, 0) is 37.0 Å². The van der Waals surface area contributed by atoms with Crippen LogP contribution in [0.4, 0.5) is 4.39 Å². The number of hydrogen-bond donors (Lipinski definition) is 1. The van der Waals surface area contributed by atoms with E-state index < -0.39 is 11.4 Å². The summed E-state index contributed by atoms with van der Waals surface area (Å²) in [6, 6.07) is 6.34. The zero-order valence-electron chi connectivity index (χ0n) is 13.6. The largest absolute Gasteiger partial charge is 0.481 e. The lowest BCUT2D eigenvalue weighted by molar-refractivity contribution is -0.140. The fraction of sp³-hybridized carbons (Fsp3) is 0.556. The molecule has 1 fully saturated rings. The Kier molecular flexibility index (Phi) is 5.74. The number of hydrogen-bond acceptors (Lipinski definition) is 2. The van der Waals surface area contributed by atoms with Crippen molar-refractivity contribution in [3.8, 4) is 0 Å². The summed E-state index contributed by atoms with van der Waals surface area (Å²) in [7, 11) is 1.71. The Morgan fingerprint density at radius 2 is 1.96 bits per heavy atom. The van der Waals surface area contributed by atoms with Gasteiger partial charge in [0.2, 0.25) is 5.91 Å². The predicted octanol–water partition coefficient (Wildman–Crippen LogP) is 3.35. The number of amides is 1. The molecule has 1 aliphatic rings. The average molecular weight is 321 g/mol. The molecule has 0 atom stereocenters. The van der Waals surface area contributed by atoms with Crippen LogP contribution in [0.5, 0.6) is 0 Å². The molecule has 1 amide bonds. The second-order valence-electron chi connectivity index (χ2n) is 6.38. The summed E-state index contributed by atoms with van der Waals surface area (Å²) in [5.74, 6) is -1.20. The first kappa shape index (κ1) is 17.4. The Labute approximate surface area is 136 Å². The fourth-order valence-electron chi connectivity index (χ4n) is 3.50. The van der Waals surface area contributed by atoms with Gasteiger partial charge in [0.15, 0.2) is 0 Å². The maximum Gasteiger partial charge on any atom is 0.303 e. The molecule has 1 saturated carbocycles. The summed E-state index contributed by atoms with van der Waals surface area (Å²) < 4.78 is 13.7. The van der Waals surface area contributed by atoms with Crippen LogP contribution < -0.4 is 0 Å². The highest BCUT2D eigenvalue weighted by Gasteiger charge is 2.42. The molecule has 126 valence electrons. The van der Waals surface area contributed by atoms with Crippen molar-refractivity contribution in [3.05, 3.63) is 35.6 Å². The van der Waals surface area contributed by atoms with Crippen LogP contribution in [-0.4, -0.2) is 35.5 Å². The molecule has 0 heterocycles. The molecule has 0 aromatic heterocycles. The summed E-state index contributed by atoms with van der Waals surface area (Å²) in [5.41, 5.74) is 0.0745. The van der Waals surface area contributed by atoms with E-state index >= 15 is 0 Å². The van der Waals surface area contributed by atoms with Crippen LogP contribution >= 0.6 is 0 Å². The molecule has 0 saturated heterocycles. The maximum absolute atomic E-state index is 13.7. The highest BCUT2D eigenvalue weighted by atomic mass is 19.1. The van der Waals surface area contributed by atoms with Crippen LogP contribution in [0.3, 0.4) is 0 Å². The Morgan fingerprint density at radius 1 is 1.26 bits per heavy atom. The van der Waals surface area contributed by atoms with Crippen molar-refractivity contribution in [2.45, 2.75) is 50.4 Å². The third kappa shape index (κ3) is 4.09. The van der Waals surface area contributed by atoms with Crippen molar-refractivity contribution in [2.24, 2.45) is 0 Å². The zero-order valence-corrected chi connectivity index (χ0v) is 13.6. The minimum absolute atomic E-state index is 0.0202. The highest BCUT2D eigenvalue weighted by Crippen LogP contribution is 2.41. The third-order valence-corrected chi connectivity index (χ3v) is 4.72. The van der Waals surface area contributed by atoms with Gasteiger partial charge in [-0.25, -0.2) is 4.39 Å². The van der Waals surface area contributed by atoms with E-state index in [2.05, 4.69) is 0 Å². The molecule has 4 nitrogen and oxygen atoms in total. The molecule has 2 rings (SSSR count). The number of carbonyl (C=O) groups is 2. The second kappa shape index (κ2) is 7.57. The van der Waals surface area contributed by atoms with E-state index in [0.717, 1.165) is 37.7 Å². The fourth-order valence-corrected chi connectivity index (χ4v) is 3.50. The molecular formula is C18H24FNO3. The van der Waals surface area contributed by atoms with Crippen LogP contribution in [0.2, 0.25) is 0 Å². The molecule has 0 spiro atoms. The van der Waals surface area contributed by atoms with Gasteiger partial charge < -0.3 is 10.0 Å². The van der Waals surface area contributed by atoms with Gasteiger partial charge in [-0.2, -0.15) is 0 Å². The molecule has 1 N–H and O–H groups in total. The third-order valence-electron chi connectivity index (χ3n) is 4.72. The summed E-state index contributed by atoms with van der Waals surface area (Å²) in [6.07, 6.45) is 4.90. The predicted molar refractivity (Wildman–Crippen MR) is 85.7 cm³/mol. The lowest BCUT2D eigenvalue weighted by Gasteiger charge is -2.39. The molecule has 0 bridgehead atoms. The van der Waals surface area contributed by atoms with E-state index in [1.807, 2.05) is 6.07 Å². The number of halogens is 1. The quantitative estimate of drug-likeness (QED) is 0.874. The van der Waals surface area contributed by atoms with Crippen LogP contribution in [0.25, 0.3) is 0 Å². The zero-order chi connectivity index (χ0) is 16.9. The average Bonchev–Trinajstić information content (AvgIpc) is 2.54. The smallest absolute Gasteiger partial charge is 0.303 e. The first-order chi connectivity index (χ1) is 11.0. The lowest BCUT2D eigenvalue weighted by Crippen LogP contribution is -2.47. The van der Waals surface area contributed by atoms with E-state index in [-0.39, 0.29) is 18.1 Å². The first-order valence-corrected chi connectivity index (χ1v) is 8.19. The van der Waals surface area contributed by atoms with E-state index in [1.54, 1.807) is 18.0 Å². The number of benzene rings is 1. The highest BCUT2D eigenvalue weighted by molar-refractivity contribution is 5.88. The van der Waals surface area contributed by atoms with Gasteiger partial charge in [0, 0.05) is 20.0 Å². The van der Waals surface area contributed by atoms with Crippen molar-refractivity contribution in [3.63, 3.8) is 0 Å². The number of rotatable bonds is 6. The molecule has 23 heavy (non-hydrogen) atoms. The minimum atomic E-state index is -0.858. The maximum atomic E-state index is 13.7. The van der Waals surface area contributed by atoms with Gasteiger partial charge in [0.1, 0.15) is 5.82 Å². The number of carbonyl (C=O) groups excluding carboxylic acids is 1. The normalized spacial score (nSPS) is 16.8. The van der Waals surface area contributed by atoms with Crippen LogP contribution in [-0.2, 0) is 15.0 Å². The summed E-state index contributed by atoms with van der Waals surface area (Å²) in [6.45, 7) is 0.405. The van der Waals surface area contributed by atoms with Crippen molar-refractivity contribution >= 4 is 11.9 Å². The molecule has 0 aliphatic heterocycles. The standard InChI is InChI=1S/C18H24FNO3/c1-20(12-6-9-16(21)22)17(23)18(10-3-2-4-11-18)14-7-5-8-15(19)13-14/h5,7-8,13H,2-4,6,9-12H2,1H3,(H,21,22). The van der Waals surface area contributed by atoms with Gasteiger partial charge >= 0.3 is 5.97 Å². The number of carboxylic acid groups (broad SMARTS) is 1. The topological polar surface area (TPSA) is 57.6 Å². The lowest BCUT2D eigenvalue weighted by atomic mass is 9.68. The second-order valence-corrected chi connectivity index (χ2v) is 6.38. The minimum Gasteiger partial charge on any atom is -0.481 e. The van der Waals surface area contributed by atoms with E-state index in [9.17, 15) is 14.0 Å². The Balaban J connectivity index is 2.20. The van der Waals surface area contributed by atoms with Gasteiger partial charge in [-0.3, -0.25) is 9.59 Å². The van der Waals surface area contributed by atoms with Gasteiger partial charge in [-0.1, -0.05) is 31.4 Å².